The zero-order valence-electron chi connectivity index (χ0n) is 12.7. The van der Waals surface area contributed by atoms with Crippen molar-refractivity contribution >= 4 is 11.3 Å². The van der Waals surface area contributed by atoms with E-state index in [1.54, 1.807) is 7.11 Å². The molecule has 0 aliphatic rings. The van der Waals surface area contributed by atoms with E-state index in [0.29, 0.717) is 18.6 Å². The van der Waals surface area contributed by atoms with Crippen LogP contribution in [0.25, 0.3) is 0 Å². The normalized spacial score (nSPS) is 14.9. The number of nitrogens with one attached hydrogen (secondary N) is 1. The van der Waals surface area contributed by atoms with E-state index in [2.05, 4.69) is 39.1 Å². The second kappa shape index (κ2) is 8.00. The predicted octanol–water partition coefficient (Wildman–Crippen LogP) is 3.05. The number of aliphatic hydroxyl groups is 1. The summed E-state index contributed by atoms with van der Waals surface area (Å²) in [5.74, 6) is 0.535. The molecule has 1 rings (SSSR count). The molecule has 0 saturated heterocycles. The average Bonchev–Trinajstić information content (AvgIpc) is 2.63. The lowest BCUT2D eigenvalue weighted by Gasteiger charge is -2.23. The van der Waals surface area contributed by atoms with Crippen molar-refractivity contribution in [2.75, 3.05) is 20.3 Å². The summed E-state index contributed by atoms with van der Waals surface area (Å²) in [6, 6.07) is 2.64. The highest BCUT2D eigenvalue weighted by molar-refractivity contribution is 7.12. The second-order valence-corrected chi connectivity index (χ2v) is 6.90. The van der Waals surface area contributed by atoms with Crippen LogP contribution in [0.1, 0.15) is 41.6 Å². The second-order valence-electron chi connectivity index (χ2n) is 5.44. The topological polar surface area (TPSA) is 41.5 Å². The molecule has 4 heteroatoms. The van der Waals surface area contributed by atoms with Gasteiger partial charge in [0.2, 0.25) is 0 Å². The molecule has 0 saturated carbocycles. The van der Waals surface area contributed by atoms with Crippen LogP contribution in [0.5, 0.6) is 0 Å². The van der Waals surface area contributed by atoms with Crippen molar-refractivity contribution in [2.24, 2.45) is 5.92 Å². The van der Waals surface area contributed by atoms with Gasteiger partial charge in [0.1, 0.15) is 0 Å². The summed E-state index contributed by atoms with van der Waals surface area (Å²) in [4.78, 5) is 2.75. The molecule has 2 atom stereocenters. The molecule has 0 aromatic carbocycles. The van der Waals surface area contributed by atoms with Crippen LogP contribution in [0.3, 0.4) is 0 Å². The summed E-state index contributed by atoms with van der Waals surface area (Å²) in [5, 5.41) is 13.2. The van der Waals surface area contributed by atoms with Gasteiger partial charge in [-0.15, -0.1) is 11.3 Å². The summed E-state index contributed by atoms with van der Waals surface area (Å²) < 4.78 is 4.94. The number of hydrogen-bond acceptors (Lipinski definition) is 4. The molecule has 1 aromatic rings. The Balaban J connectivity index is 2.57. The minimum absolute atomic E-state index is 0.361. The van der Waals surface area contributed by atoms with E-state index < -0.39 is 0 Å². The quantitative estimate of drug-likeness (QED) is 0.771. The summed E-state index contributed by atoms with van der Waals surface area (Å²) in [7, 11) is 1.62. The number of ether oxygens (including phenoxy) is 1. The molecular weight excluding hydrogens is 258 g/mol. The Morgan fingerprint density at radius 2 is 2.05 bits per heavy atom. The van der Waals surface area contributed by atoms with Crippen LogP contribution in [0.15, 0.2) is 6.07 Å². The highest BCUT2D eigenvalue weighted by Gasteiger charge is 2.19. The van der Waals surface area contributed by atoms with Crippen molar-refractivity contribution in [1.29, 1.82) is 0 Å². The molecule has 0 amide bonds. The molecule has 0 radical (unpaired) electrons. The summed E-state index contributed by atoms with van der Waals surface area (Å²) in [5.41, 5.74) is 1.40. The zero-order chi connectivity index (χ0) is 14.4. The third-order valence-corrected chi connectivity index (χ3v) is 4.26. The molecule has 0 aliphatic heterocycles. The molecule has 0 bridgehead atoms. The van der Waals surface area contributed by atoms with Crippen molar-refractivity contribution < 1.29 is 9.84 Å². The van der Waals surface area contributed by atoms with Gasteiger partial charge in [0.15, 0.2) is 0 Å². The van der Waals surface area contributed by atoms with Crippen molar-refractivity contribution in [2.45, 2.75) is 46.3 Å². The van der Waals surface area contributed by atoms with Crippen LogP contribution in [0, 0.1) is 19.8 Å². The Morgan fingerprint density at radius 3 is 2.53 bits per heavy atom. The van der Waals surface area contributed by atoms with E-state index in [9.17, 15) is 5.11 Å². The third-order valence-electron chi connectivity index (χ3n) is 3.28. The maximum absolute atomic E-state index is 9.67. The van der Waals surface area contributed by atoms with Crippen molar-refractivity contribution in [1.82, 2.24) is 5.32 Å². The van der Waals surface area contributed by atoms with Gasteiger partial charge in [-0.25, -0.2) is 0 Å². The van der Waals surface area contributed by atoms with Crippen molar-refractivity contribution in [3.63, 3.8) is 0 Å². The molecular formula is C15H27NO2S. The molecule has 2 N–H and O–H groups in total. The number of thiophene rings is 1. The fourth-order valence-electron chi connectivity index (χ4n) is 2.35. The van der Waals surface area contributed by atoms with E-state index in [4.69, 9.17) is 4.74 Å². The number of aryl methyl sites for hydroxylation is 2. The van der Waals surface area contributed by atoms with Crippen LogP contribution < -0.4 is 5.32 Å². The van der Waals surface area contributed by atoms with Gasteiger partial charge < -0.3 is 15.2 Å². The van der Waals surface area contributed by atoms with Crippen molar-refractivity contribution in [3.05, 3.63) is 21.4 Å². The molecule has 0 spiro atoms. The lowest BCUT2D eigenvalue weighted by molar-refractivity contribution is 0.0586. The average molecular weight is 285 g/mol. The van der Waals surface area contributed by atoms with E-state index in [1.165, 1.54) is 15.3 Å². The number of methoxy groups -OCH3 is 1. The molecule has 1 heterocycles. The first-order chi connectivity index (χ1) is 8.95. The molecule has 1 aromatic heterocycles. The molecule has 0 fully saturated rings. The largest absolute Gasteiger partial charge is 0.391 e. The number of aliphatic hydroxyl groups excluding tert-OH is 1. The Kier molecular flexibility index (Phi) is 7.00. The first-order valence-electron chi connectivity index (χ1n) is 6.93. The van der Waals surface area contributed by atoms with E-state index >= 15 is 0 Å². The lowest BCUT2D eigenvalue weighted by atomic mass is 9.96. The number of rotatable bonds is 8. The van der Waals surface area contributed by atoms with Gasteiger partial charge in [-0.1, -0.05) is 13.8 Å². The maximum atomic E-state index is 9.67. The Morgan fingerprint density at radius 1 is 1.37 bits per heavy atom. The zero-order valence-corrected chi connectivity index (χ0v) is 13.5. The fourth-order valence-corrected chi connectivity index (χ4v) is 3.32. The highest BCUT2D eigenvalue weighted by atomic mass is 32.1. The fraction of sp³-hybridized carbons (Fsp3) is 0.733. The molecule has 3 nitrogen and oxygen atoms in total. The maximum Gasteiger partial charge on any atom is 0.0785 e. The summed E-state index contributed by atoms with van der Waals surface area (Å²) >= 11 is 1.85. The molecule has 0 aliphatic carbocycles. The minimum atomic E-state index is -0.379. The Bertz CT molecular complexity index is 376. The third kappa shape index (κ3) is 5.22. The SMILES string of the molecule is COCC(O)CCNC(c1cc(C)sc1C)C(C)C. The van der Waals surface area contributed by atoms with E-state index in [-0.39, 0.29) is 6.10 Å². The summed E-state index contributed by atoms with van der Waals surface area (Å²) in [6.07, 6.45) is 0.342. The van der Waals surface area contributed by atoms with Crippen LogP contribution in [-0.2, 0) is 4.74 Å². The van der Waals surface area contributed by atoms with Crippen LogP contribution in [0.4, 0.5) is 0 Å². The minimum Gasteiger partial charge on any atom is -0.391 e. The summed E-state index contributed by atoms with van der Waals surface area (Å²) in [6.45, 7) is 10.0. The van der Waals surface area contributed by atoms with Gasteiger partial charge in [0.05, 0.1) is 12.7 Å². The standard InChI is InChI=1S/C15H27NO2S/c1-10(2)15(14-8-11(3)19-12(14)4)16-7-6-13(17)9-18-5/h8,10,13,15-17H,6-7,9H2,1-5H3. The molecule has 19 heavy (non-hydrogen) atoms. The van der Waals surface area contributed by atoms with Gasteiger partial charge in [-0.3, -0.25) is 0 Å². The Labute approximate surface area is 121 Å². The van der Waals surface area contributed by atoms with E-state index in [0.717, 1.165) is 13.0 Å². The highest BCUT2D eigenvalue weighted by Crippen LogP contribution is 2.30. The Hall–Kier alpha value is -0.420. The number of hydrogen-bond donors (Lipinski definition) is 2. The van der Waals surface area contributed by atoms with Gasteiger partial charge in [0.25, 0.3) is 0 Å². The van der Waals surface area contributed by atoms with Crippen LogP contribution >= 0.6 is 11.3 Å². The molecule has 110 valence electrons. The predicted molar refractivity (Wildman–Crippen MR) is 81.9 cm³/mol. The van der Waals surface area contributed by atoms with Gasteiger partial charge in [0, 0.05) is 22.9 Å². The van der Waals surface area contributed by atoms with Crippen LogP contribution in [-0.4, -0.2) is 31.5 Å². The smallest absolute Gasteiger partial charge is 0.0785 e. The van der Waals surface area contributed by atoms with Gasteiger partial charge in [-0.05, 0) is 44.4 Å². The van der Waals surface area contributed by atoms with Crippen LogP contribution in [0.2, 0.25) is 0 Å². The lowest BCUT2D eigenvalue weighted by Crippen LogP contribution is -2.29. The van der Waals surface area contributed by atoms with Crippen molar-refractivity contribution in [3.8, 4) is 0 Å². The first-order valence-corrected chi connectivity index (χ1v) is 7.74. The van der Waals surface area contributed by atoms with Gasteiger partial charge in [-0.2, -0.15) is 0 Å². The molecule has 2 unspecified atom stereocenters. The monoisotopic (exact) mass is 285 g/mol. The van der Waals surface area contributed by atoms with Gasteiger partial charge >= 0.3 is 0 Å². The first kappa shape index (κ1) is 16.6. The van der Waals surface area contributed by atoms with E-state index in [1.807, 2.05) is 11.3 Å².